The summed E-state index contributed by atoms with van der Waals surface area (Å²) >= 11 is 1.42. The van der Waals surface area contributed by atoms with E-state index in [4.69, 9.17) is 0 Å². The van der Waals surface area contributed by atoms with Crippen molar-refractivity contribution in [1.82, 2.24) is 10.3 Å². The van der Waals surface area contributed by atoms with Crippen LogP contribution in [0, 0.1) is 20.8 Å². The fraction of sp³-hybridized carbons (Fsp3) is 0.286. The van der Waals surface area contributed by atoms with Crippen LogP contribution in [-0.2, 0) is 6.54 Å². The molecule has 0 spiro atoms. The van der Waals surface area contributed by atoms with Gasteiger partial charge in [-0.25, -0.2) is 9.78 Å². The number of carbonyl (C=O) groups is 1. The predicted octanol–water partition coefficient (Wildman–Crippen LogP) is 3.39. The summed E-state index contributed by atoms with van der Waals surface area (Å²) in [6.07, 6.45) is 0. The number of carbonyl (C=O) groups excluding carboxylic acids is 1. The summed E-state index contributed by atoms with van der Waals surface area (Å²) in [5, 5.41) is 8.08. The van der Waals surface area contributed by atoms with Crippen molar-refractivity contribution in [3.05, 3.63) is 46.0 Å². The molecule has 2 N–H and O–H groups in total. The molecule has 0 radical (unpaired) electrons. The third-order valence-corrected chi connectivity index (χ3v) is 3.65. The standard InChI is InChI=1S/C14H17N3OS/c1-9-4-5-12(10(2)6-9)7-15-13(18)17-14-16-11(3)8-19-14/h4-6,8H,7H2,1-3H3,(H2,15,16,17,18). The highest BCUT2D eigenvalue weighted by Crippen LogP contribution is 2.14. The van der Waals surface area contributed by atoms with Crippen molar-refractivity contribution in [2.75, 3.05) is 5.32 Å². The van der Waals surface area contributed by atoms with Crippen LogP contribution in [0.25, 0.3) is 0 Å². The van der Waals surface area contributed by atoms with E-state index in [-0.39, 0.29) is 6.03 Å². The lowest BCUT2D eigenvalue weighted by molar-refractivity contribution is 0.251. The summed E-state index contributed by atoms with van der Waals surface area (Å²) in [4.78, 5) is 15.9. The number of anilines is 1. The second kappa shape index (κ2) is 5.84. The molecule has 0 fully saturated rings. The second-order valence-electron chi connectivity index (χ2n) is 4.53. The zero-order chi connectivity index (χ0) is 13.8. The Morgan fingerprint density at radius 2 is 2.11 bits per heavy atom. The molecule has 100 valence electrons. The molecule has 5 heteroatoms. The molecular weight excluding hydrogens is 258 g/mol. The van der Waals surface area contributed by atoms with Gasteiger partial charge in [0.25, 0.3) is 0 Å². The van der Waals surface area contributed by atoms with Gasteiger partial charge in [0.1, 0.15) is 0 Å². The molecule has 0 saturated heterocycles. The molecule has 2 aromatic rings. The summed E-state index contributed by atoms with van der Waals surface area (Å²) in [6.45, 7) is 6.52. The number of aryl methyl sites for hydroxylation is 3. The van der Waals surface area contributed by atoms with Crippen LogP contribution >= 0.6 is 11.3 Å². The Balaban J connectivity index is 1.89. The van der Waals surface area contributed by atoms with Crippen molar-refractivity contribution in [1.29, 1.82) is 0 Å². The molecule has 4 nitrogen and oxygen atoms in total. The van der Waals surface area contributed by atoms with Crippen LogP contribution in [0.1, 0.15) is 22.4 Å². The number of benzene rings is 1. The van der Waals surface area contributed by atoms with E-state index in [1.807, 2.05) is 31.4 Å². The Bertz CT molecular complexity index is 592. The Labute approximate surface area is 116 Å². The molecular formula is C14H17N3OS. The van der Waals surface area contributed by atoms with E-state index < -0.39 is 0 Å². The van der Waals surface area contributed by atoms with Gasteiger partial charge in [0, 0.05) is 11.9 Å². The minimum Gasteiger partial charge on any atom is -0.334 e. The van der Waals surface area contributed by atoms with E-state index in [1.54, 1.807) is 0 Å². The Hall–Kier alpha value is -1.88. The number of rotatable bonds is 3. The molecule has 0 aliphatic heterocycles. The van der Waals surface area contributed by atoms with Crippen LogP contribution in [-0.4, -0.2) is 11.0 Å². The van der Waals surface area contributed by atoms with E-state index in [0.29, 0.717) is 11.7 Å². The molecule has 0 aliphatic rings. The Morgan fingerprint density at radius 1 is 1.32 bits per heavy atom. The lowest BCUT2D eigenvalue weighted by Crippen LogP contribution is -2.28. The van der Waals surface area contributed by atoms with E-state index in [0.717, 1.165) is 11.3 Å². The molecule has 0 bridgehead atoms. The first-order valence-corrected chi connectivity index (χ1v) is 6.95. The number of aromatic nitrogens is 1. The number of nitrogens with zero attached hydrogens (tertiary/aromatic N) is 1. The summed E-state index contributed by atoms with van der Waals surface area (Å²) in [5.41, 5.74) is 4.44. The minimum atomic E-state index is -0.227. The van der Waals surface area contributed by atoms with Crippen molar-refractivity contribution in [2.24, 2.45) is 0 Å². The van der Waals surface area contributed by atoms with Gasteiger partial charge in [0.05, 0.1) is 5.69 Å². The zero-order valence-electron chi connectivity index (χ0n) is 11.3. The van der Waals surface area contributed by atoms with Crippen LogP contribution in [0.5, 0.6) is 0 Å². The van der Waals surface area contributed by atoms with Gasteiger partial charge in [-0.3, -0.25) is 5.32 Å². The first kappa shape index (κ1) is 13.5. The highest BCUT2D eigenvalue weighted by molar-refractivity contribution is 7.13. The highest BCUT2D eigenvalue weighted by Gasteiger charge is 2.05. The number of amides is 2. The topological polar surface area (TPSA) is 54.0 Å². The third-order valence-electron chi connectivity index (χ3n) is 2.78. The number of nitrogens with one attached hydrogen (secondary N) is 2. The number of urea groups is 1. The quantitative estimate of drug-likeness (QED) is 0.902. The maximum absolute atomic E-state index is 11.7. The lowest BCUT2D eigenvalue weighted by Gasteiger charge is -2.08. The molecule has 0 saturated carbocycles. The normalized spacial score (nSPS) is 10.3. The van der Waals surface area contributed by atoms with Gasteiger partial charge in [-0.1, -0.05) is 23.8 Å². The number of hydrogen-bond acceptors (Lipinski definition) is 3. The van der Waals surface area contributed by atoms with Crippen LogP contribution < -0.4 is 10.6 Å². The van der Waals surface area contributed by atoms with Crippen molar-refractivity contribution < 1.29 is 4.79 Å². The molecule has 0 aliphatic carbocycles. The van der Waals surface area contributed by atoms with Crippen LogP contribution in [0.15, 0.2) is 23.6 Å². The number of hydrogen-bond donors (Lipinski definition) is 2. The molecule has 0 atom stereocenters. The largest absolute Gasteiger partial charge is 0.334 e. The van der Waals surface area contributed by atoms with E-state index in [1.165, 1.54) is 22.5 Å². The fourth-order valence-electron chi connectivity index (χ4n) is 1.77. The molecule has 2 amide bonds. The van der Waals surface area contributed by atoms with E-state index in [2.05, 4.69) is 28.6 Å². The van der Waals surface area contributed by atoms with Crippen LogP contribution in [0.4, 0.5) is 9.93 Å². The van der Waals surface area contributed by atoms with Gasteiger partial charge in [0.15, 0.2) is 5.13 Å². The fourth-order valence-corrected chi connectivity index (χ4v) is 2.46. The lowest BCUT2D eigenvalue weighted by atomic mass is 10.1. The van der Waals surface area contributed by atoms with Gasteiger partial charge in [-0.15, -0.1) is 11.3 Å². The molecule has 0 unspecified atom stereocenters. The maximum Gasteiger partial charge on any atom is 0.321 e. The zero-order valence-corrected chi connectivity index (χ0v) is 12.1. The summed E-state index contributed by atoms with van der Waals surface area (Å²) in [5.74, 6) is 0. The predicted molar refractivity (Wildman–Crippen MR) is 78.6 cm³/mol. The Kier molecular flexibility index (Phi) is 4.16. The summed E-state index contributed by atoms with van der Waals surface area (Å²) in [6, 6.07) is 5.97. The summed E-state index contributed by atoms with van der Waals surface area (Å²) < 4.78 is 0. The molecule has 1 aromatic carbocycles. The Morgan fingerprint density at radius 3 is 2.74 bits per heavy atom. The van der Waals surface area contributed by atoms with Gasteiger partial charge in [-0.05, 0) is 31.9 Å². The van der Waals surface area contributed by atoms with Crippen molar-refractivity contribution in [2.45, 2.75) is 27.3 Å². The average molecular weight is 275 g/mol. The minimum absolute atomic E-state index is 0.227. The highest BCUT2D eigenvalue weighted by atomic mass is 32.1. The van der Waals surface area contributed by atoms with E-state index >= 15 is 0 Å². The SMILES string of the molecule is Cc1ccc(CNC(=O)Nc2nc(C)cs2)c(C)c1. The van der Waals surface area contributed by atoms with Gasteiger partial charge >= 0.3 is 6.03 Å². The van der Waals surface area contributed by atoms with Crippen molar-refractivity contribution in [3.63, 3.8) is 0 Å². The average Bonchev–Trinajstić information content (AvgIpc) is 2.73. The van der Waals surface area contributed by atoms with Gasteiger partial charge < -0.3 is 5.32 Å². The number of thiazole rings is 1. The van der Waals surface area contributed by atoms with Gasteiger partial charge in [-0.2, -0.15) is 0 Å². The third kappa shape index (κ3) is 3.79. The molecule has 1 heterocycles. The molecule has 19 heavy (non-hydrogen) atoms. The van der Waals surface area contributed by atoms with Crippen molar-refractivity contribution in [3.8, 4) is 0 Å². The first-order valence-electron chi connectivity index (χ1n) is 6.07. The van der Waals surface area contributed by atoms with Crippen LogP contribution in [0.3, 0.4) is 0 Å². The van der Waals surface area contributed by atoms with Crippen LogP contribution in [0.2, 0.25) is 0 Å². The van der Waals surface area contributed by atoms with E-state index in [9.17, 15) is 4.79 Å². The molecule has 1 aromatic heterocycles. The second-order valence-corrected chi connectivity index (χ2v) is 5.39. The monoisotopic (exact) mass is 275 g/mol. The summed E-state index contributed by atoms with van der Waals surface area (Å²) in [7, 11) is 0. The van der Waals surface area contributed by atoms with Gasteiger partial charge in [0.2, 0.25) is 0 Å². The smallest absolute Gasteiger partial charge is 0.321 e. The molecule has 2 rings (SSSR count). The first-order chi connectivity index (χ1) is 9.04. The maximum atomic E-state index is 11.7. The van der Waals surface area contributed by atoms with Crippen molar-refractivity contribution >= 4 is 22.5 Å².